The monoisotopic (exact) mass is 381 g/mol. The van der Waals surface area contributed by atoms with Crippen molar-refractivity contribution in [3.63, 3.8) is 0 Å². The van der Waals surface area contributed by atoms with Gasteiger partial charge in [-0.15, -0.1) is 0 Å². The topological polar surface area (TPSA) is 37.6 Å². The number of alkyl halides is 3. The lowest BCUT2D eigenvalue weighted by Gasteiger charge is -2.36. The fourth-order valence-electron chi connectivity index (χ4n) is 3.31. The molecule has 1 aliphatic carbocycles. The number of carbonyl (C=O) groups is 1. The second-order valence-corrected chi connectivity index (χ2v) is 7.06. The van der Waals surface area contributed by atoms with Crippen LogP contribution < -0.4 is 0 Å². The van der Waals surface area contributed by atoms with Gasteiger partial charge in [-0.3, -0.25) is 9.20 Å². The van der Waals surface area contributed by atoms with Crippen LogP contribution >= 0.6 is 11.6 Å². The van der Waals surface area contributed by atoms with Crippen LogP contribution in [0, 0.1) is 5.92 Å². The molecular formula is C18H15ClF3N3O. The van der Waals surface area contributed by atoms with E-state index in [0.29, 0.717) is 36.6 Å². The Hall–Kier alpha value is -2.28. The number of hydrogen-bond donors (Lipinski definition) is 0. The van der Waals surface area contributed by atoms with Gasteiger partial charge in [-0.05, 0) is 29.5 Å². The van der Waals surface area contributed by atoms with Crippen molar-refractivity contribution in [1.82, 2.24) is 14.3 Å². The highest BCUT2D eigenvalue weighted by molar-refractivity contribution is 6.33. The van der Waals surface area contributed by atoms with Crippen molar-refractivity contribution in [2.24, 2.45) is 5.92 Å². The van der Waals surface area contributed by atoms with Crippen molar-refractivity contribution in [3.8, 4) is 0 Å². The van der Waals surface area contributed by atoms with E-state index in [1.165, 1.54) is 11.1 Å². The molecule has 4 rings (SSSR count). The van der Waals surface area contributed by atoms with Crippen LogP contribution in [-0.2, 0) is 6.18 Å². The molecule has 3 heterocycles. The highest BCUT2D eigenvalue weighted by Crippen LogP contribution is 2.37. The van der Waals surface area contributed by atoms with Crippen molar-refractivity contribution in [2.75, 3.05) is 13.1 Å². The number of amides is 1. The van der Waals surface area contributed by atoms with E-state index in [-0.39, 0.29) is 16.5 Å². The lowest BCUT2D eigenvalue weighted by molar-refractivity contribution is -0.136. The SMILES string of the molecule is CC1CN(C(=O)c2nc3c(C(F)(F)F)cc(C4=CCC=C4)cn3c2Cl)C1. The Morgan fingerprint density at radius 2 is 2.08 bits per heavy atom. The van der Waals surface area contributed by atoms with Crippen molar-refractivity contribution in [3.05, 3.63) is 52.5 Å². The van der Waals surface area contributed by atoms with E-state index in [1.54, 1.807) is 6.08 Å². The quantitative estimate of drug-likeness (QED) is 0.771. The molecule has 4 nitrogen and oxygen atoms in total. The van der Waals surface area contributed by atoms with Gasteiger partial charge in [0.1, 0.15) is 5.15 Å². The minimum atomic E-state index is -4.61. The number of nitrogens with zero attached hydrogens (tertiary/aromatic N) is 3. The molecule has 1 amide bonds. The van der Waals surface area contributed by atoms with Gasteiger partial charge in [-0.1, -0.05) is 36.8 Å². The summed E-state index contributed by atoms with van der Waals surface area (Å²) in [7, 11) is 0. The Kier molecular flexibility index (Phi) is 3.87. The summed E-state index contributed by atoms with van der Waals surface area (Å²) in [6.45, 7) is 3.10. The number of halogens is 4. The molecule has 26 heavy (non-hydrogen) atoms. The Morgan fingerprint density at radius 1 is 1.35 bits per heavy atom. The van der Waals surface area contributed by atoms with E-state index < -0.39 is 17.6 Å². The zero-order chi connectivity index (χ0) is 18.6. The highest BCUT2D eigenvalue weighted by atomic mass is 35.5. The molecule has 1 aliphatic heterocycles. The van der Waals surface area contributed by atoms with Crippen molar-refractivity contribution in [2.45, 2.75) is 19.5 Å². The van der Waals surface area contributed by atoms with Crippen LogP contribution in [0.3, 0.4) is 0 Å². The average molecular weight is 382 g/mol. The molecule has 0 atom stereocenters. The molecule has 1 saturated heterocycles. The second-order valence-electron chi connectivity index (χ2n) is 6.70. The van der Waals surface area contributed by atoms with Gasteiger partial charge in [0, 0.05) is 19.3 Å². The van der Waals surface area contributed by atoms with Gasteiger partial charge in [0.2, 0.25) is 0 Å². The first-order chi connectivity index (χ1) is 12.3. The molecule has 0 spiro atoms. The van der Waals surface area contributed by atoms with E-state index in [1.807, 2.05) is 19.1 Å². The van der Waals surface area contributed by atoms with Gasteiger partial charge in [0.15, 0.2) is 11.3 Å². The molecule has 2 aliphatic rings. The normalized spacial score (nSPS) is 17.7. The first kappa shape index (κ1) is 17.1. The predicted octanol–water partition coefficient (Wildman–Crippen LogP) is 4.44. The van der Waals surface area contributed by atoms with E-state index in [0.717, 1.165) is 10.5 Å². The van der Waals surface area contributed by atoms with Crippen LogP contribution in [0.15, 0.2) is 30.5 Å². The van der Waals surface area contributed by atoms with Crippen LogP contribution in [-0.4, -0.2) is 33.3 Å². The third-order valence-electron chi connectivity index (χ3n) is 4.63. The number of fused-ring (bicyclic) bond motifs is 1. The molecule has 0 radical (unpaired) electrons. The standard InChI is InChI=1S/C18H15ClF3N3O/c1-10-7-24(8-10)17(26)14-15(19)25-9-12(11-4-2-3-5-11)6-13(16(25)23-14)18(20,21)22/h2,4-6,9-10H,3,7-8H2,1H3. The molecule has 0 aromatic carbocycles. The fraction of sp³-hybridized carbons (Fsp3) is 0.333. The molecule has 8 heteroatoms. The summed E-state index contributed by atoms with van der Waals surface area (Å²) in [6, 6.07) is 1.06. The van der Waals surface area contributed by atoms with E-state index >= 15 is 0 Å². The van der Waals surface area contributed by atoms with Gasteiger partial charge in [-0.2, -0.15) is 13.2 Å². The maximum Gasteiger partial charge on any atom is 0.420 e. The van der Waals surface area contributed by atoms with Gasteiger partial charge in [0.25, 0.3) is 5.91 Å². The second kappa shape index (κ2) is 5.87. The van der Waals surface area contributed by atoms with Crippen LogP contribution in [0.1, 0.15) is 35.0 Å². The fourth-order valence-corrected chi connectivity index (χ4v) is 3.56. The minimum Gasteiger partial charge on any atom is -0.337 e. The third-order valence-corrected chi connectivity index (χ3v) is 4.99. The number of imidazole rings is 1. The van der Waals surface area contributed by atoms with Crippen molar-refractivity contribution >= 4 is 28.7 Å². The molecule has 0 saturated carbocycles. The number of aromatic nitrogens is 2. The largest absolute Gasteiger partial charge is 0.420 e. The number of pyridine rings is 1. The summed E-state index contributed by atoms with van der Waals surface area (Å²) in [6.07, 6.45) is 3.02. The smallest absolute Gasteiger partial charge is 0.337 e. The Balaban J connectivity index is 1.88. The van der Waals surface area contributed by atoms with Gasteiger partial charge >= 0.3 is 6.18 Å². The molecule has 136 valence electrons. The third kappa shape index (κ3) is 2.70. The maximum atomic E-state index is 13.6. The molecule has 0 unspecified atom stereocenters. The zero-order valence-corrected chi connectivity index (χ0v) is 14.6. The van der Waals surface area contributed by atoms with E-state index in [9.17, 15) is 18.0 Å². The van der Waals surface area contributed by atoms with Crippen LogP contribution in [0.4, 0.5) is 13.2 Å². The minimum absolute atomic E-state index is 0.0977. The number of rotatable bonds is 2. The Labute approximate surface area is 152 Å². The molecule has 2 aromatic heterocycles. The Bertz CT molecular complexity index is 968. The molecular weight excluding hydrogens is 367 g/mol. The number of carbonyl (C=O) groups excluding carboxylic acids is 1. The lowest BCUT2D eigenvalue weighted by Crippen LogP contribution is -2.48. The summed E-state index contributed by atoms with van der Waals surface area (Å²) in [5, 5.41) is -0.0977. The molecule has 0 bridgehead atoms. The van der Waals surface area contributed by atoms with Crippen LogP contribution in [0.2, 0.25) is 5.15 Å². The van der Waals surface area contributed by atoms with Crippen molar-refractivity contribution in [1.29, 1.82) is 0 Å². The van der Waals surface area contributed by atoms with E-state index in [2.05, 4.69) is 4.98 Å². The molecule has 2 aromatic rings. The number of likely N-dealkylation sites (tertiary alicyclic amines) is 1. The summed E-state index contributed by atoms with van der Waals surface area (Å²) in [5.74, 6) is -0.0698. The lowest BCUT2D eigenvalue weighted by atomic mass is 10.0. The number of hydrogen-bond acceptors (Lipinski definition) is 2. The van der Waals surface area contributed by atoms with Gasteiger partial charge in [0.05, 0.1) is 5.56 Å². The summed E-state index contributed by atoms with van der Waals surface area (Å²) >= 11 is 6.26. The van der Waals surface area contributed by atoms with Gasteiger partial charge in [-0.25, -0.2) is 4.98 Å². The maximum absolute atomic E-state index is 13.6. The zero-order valence-electron chi connectivity index (χ0n) is 13.8. The average Bonchev–Trinajstić information content (AvgIpc) is 3.18. The predicted molar refractivity (Wildman–Crippen MR) is 92.0 cm³/mol. The summed E-state index contributed by atoms with van der Waals surface area (Å²) in [4.78, 5) is 18.0. The van der Waals surface area contributed by atoms with E-state index in [4.69, 9.17) is 11.6 Å². The first-order valence-corrected chi connectivity index (χ1v) is 8.58. The molecule has 0 N–H and O–H groups in total. The van der Waals surface area contributed by atoms with Crippen molar-refractivity contribution < 1.29 is 18.0 Å². The summed E-state index contributed by atoms with van der Waals surface area (Å²) in [5.41, 5.74) is -0.335. The molecule has 1 fully saturated rings. The van der Waals surface area contributed by atoms with Gasteiger partial charge < -0.3 is 4.90 Å². The number of allylic oxidation sites excluding steroid dienone is 4. The highest BCUT2D eigenvalue weighted by Gasteiger charge is 2.37. The summed E-state index contributed by atoms with van der Waals surface area (Å²) < 4.78 is 41.9. The first-order valence-electron chi connectivity index (χ1n) is 8.21. The Morgan fingerprint density at radius 3 is 2.65 bits per heavy atom. The van der Waals surface area contributed by atoms with Crippen LogP contribution in [0.25, 0.3) is 11.2 Å². The van der Waals surface area contributed by atoms with Crippen LogP contribution in [0.5, 0.6) is 0 Å².